The third-order valence-electron chi connectivity index (χ3n) is 3.76. The van der Waals surface area contributed by atoms with Gasteiger partial charge in [0.2, 0.25) is 0 Å². The second kappa shape index (κ2) is 6.37. The molecule has 2 rings (SSSR count). The van der Waals surface area contributed by atoms with Crippen LogP contribution < -0.4 is 11.3 Å². The van der Waals surface area contributed by atoms with Gasteiger partial charge in [-0.2, -0.15) is 5.10 Å². The van der Waals surface area contributed by atoms with Crippen LogP contribution in [0.1, 0.15) is 48.0 Å². The van der Waals surface area contributed by atoms with Crippen LogP contribution in [0.2, 0.25) is 0 Å². The van der Waals surface area contributed by atoms with Crippen LogP contribution in [0, 0.1) is 19.7 Å². The van der Waals surface area contributed by atoms with E-state index in [-0.39, 0.29) is 5.82 Å². The fourth-order valence-electron chi connectivity index (χ4n) is 2.75. The molecule has 0 radical (unpaired) electrons. The van der Waals surface area contributed by atoms with Crippen LogP contribution >= 0.6 is 0 Å². The predicted molar refractivity (Wildman–Crippen MR) is 82.3 cm³/mol. The summed E-state index contributed by atoms with van der Waals surface area (Å²) in [6.45, 7) is 8.58. The second-order valence-electron chi connectivity index (χ2n) is 5.31. The molecule has 0 spiro atoms. The summed E-state index contributed by atoms with van der Waals surface area (Å²) in [5, 5.41) is 4.52. The molecule has 0 saturated heterocycles. The largest absolute Gasteiger partial charge is 0.271 e. The van der Waals surface area contributed by atoms with Crippen molar-refractivity contribution in [3.8, 4) is 0 Å². The zero-order chi connectivity index (χ0) is 15.6. The highest BCUT2D eigenvalue weighted by atomic mass is 19.1. The molecule has 114 valence electrons. The van der Waals surface area contributed by atoms with E-state index in [1.807, 2.05) is 37.6 Å². The third-order valence-corrected chi connectivity index (χ3v) is 3.76. The molecular formula is C16H23FN4. The normalized spacial score (nSPS) is 12.7. The van der Waals surface area contributed by atoms with Crippen molar-refractivity contribution in [3.05, 3.63) is 52.1 Å². The number of aromatic nitrogens is 2. The molecule has 0 saturated carbocycles. The Labute approximate surface area is 125 Å². The Bertz CT molecular complexity index is 610. The molecule has 2 aromatic rings. The molecule has 5 heteroatoms. The highest BCUT2D eigenvalue weighted by Gasteiger charge is 2.23. The van der Waals surface area contributed by atoms with E-state index in [9.17, 15) is 4.39 Å². The van der Waals surface area contributed by atoms with Crippen molar-refractivity contribution < 1.29 is 4.39 Å². The van der Waals surface area contributed by atoms with Crippen molar-refractivity contribution >= 4 is 0 Å². The number of halogens is 1. The summed E-state index contributed by atoms with van der Waals surface area (Å²) < 4.78 is 16.3. The van der Waals surface area contributed by atoms with E-state index in [0.717, 1.165) is 35.5 Å². The number of hydrazine groups is 1. The van der Waals surface area contributed by atoms with Crippen LogP contribution in [0.15, 0.2) is 18.2 Å². The smallest absolute Gasteiger partial charge is 0.128 e. The van der Waals surface area contributed by atoms with Crippen molar-refractivity contribution in [2.75, 3.05) is 0 Å². The van der Waals surface area contributed by atoms with Gasteiger partial charge in [-0.1, -0.05) is 13.0 Å². The second-order valence-corrected chi connectivity index (χ2v) is 5.31. The van der Waals surface area contributed by atoms with Crippen molar-refractivity contribution in [1.29, 1.82) is 0 Å². The van der Waals surface area contributed by atoms with Gasteiger partial charge in [0.05, 0.1) is 17.4 Å². The maximum Gasteiger partial charge on any atom is 0.128 e. The topological polar surface area (TPSA) is 55.9 Å². The lowest BCUT2D eigenvalue weighted by molar-refractivity contribution is 0.512. The maximum absolute atomic E-state index is 14.4. The molecule has 0 bridgehead atoms. The molecule has 0 fully saturated rings. The molecule has 3 N–H and O–H groups in total. The van der Waals surface area contributed by atoms with Gasteiger partial charge in [0.15, 0.2) is 0 Å². The molecule has 4 nitrogen and oxygen atoms in total. The molecule has 0 aliphatic heterocycles. The third kappa shape index (κ3) is 2.99. The minimum Gasteiger partial charge on any atom is -0.271 e. The van der Waals surface area contributed by atoms with Gasteiger partial charge in [0, 0.05) is 12.1 Å². The number of aryl methyl sites for hydroxylation is 4. The minimum atomic E-state index is -0.404. The lowest BCUT2D eigenvalue weighted by Crippen LogP contribution is -2.32. The minimum absolute atomic E-state index is 0.239. The summed E-state index contributed by atoms with van der Waals surface area (Å²) in [5.41, 5.74) is 7.00. The van der Waals surface area contributed by atoms with E-state index in [2.05, 4.69) is 17.4 Å². The molecule has 0 aliphatic rings. The molecule has 1 aromatic carbocycles. The molecule has 1 atom stereocenters. The van der Waals surface area contributed by atoms with Crippen molar-refractivity contribution in [2.45, 2.75) is 46.7 Å². The SMILES string of the molecule is CCc1cc(C(NN)c2c(C)cc(C)cc2F)n(CC)n1. The summed E-state index contributed by atoms with van der Waals surface area (Å²) >= 11 is 0. The van der Waals surface area contributed by atoms with Crippen LogP contribution in [-0.4, -0.2) is 9.78 Å². The first-order valence-corrected chi connectivity index (χ1v) is 7.31. The number of nitrogens with zero attached hydrogens (tertiary/aromatic N) is 2. The maximum atomic E-state index is 14.4. The van der Waals surface area contributed by atoms with Crippen LogP contribution in [0.5, 0.6) is 0 Å². The number of hydrogen-bond donors (Lipinski definition) is 2. The summed E-state index contributed by atoms with van der Waals surface area (Å²) in [4.78, 5) is 0. The Balaban J connectivity index is 2.57. The average Bonchev–Trinajstić information content (AvgIpc) is 2.85. The average molecular weight is 290 g/mol. The number of benzene rings is 1. The summed E-state index contributed by atoms with van der Waals surface area (Å²) in [6.07, 6.45) is 0.840. The summed E-state index contributed by atoms with van der Waals surface area (Å²) in [6, 6.07) is 5.10. The van der Waals surface area contributed by atoms with Gasteiger partial charge in [-0.15, -0.1) is 0 Å². The Kier molecular flexibility index (Phi) is 4.75. The Morgan fingerprint density at radius 3 is 2.52 bits per heavy atom. The fraction of sp³-hybridized carbons (Fsp3) is 0.438. The quantitative estimate of drug-likeness (QED) is 0.657. The highest BCUT2D eigenvalue weighted by molar-refractivity contribution is 5.38. The standard InChI is InChI=1S/C16H23FN4/c1-5-12-9-14(21(6-2)20-12)16(19-18)15-11(4)7-10(3)8-13(15)17/h7-9,16,19H,5-6,18H2,1-4H3. The van der Waals surface area contributed by atoms with E-state index in [1.54, 1.807) is 6.07 Å². The van der Waals surface area contributed by atoms with E-state index >= 15 is 0 Å². The predicted octanol–water partition coefficient (Wildman–Crippen LogP) is 2.77. The zero-order valence-electron chi connectivity index (χ0n) is 13.1. The van der Waals surface area contributed by atoms with Gasteiger partial charge in [-0.3, -0.25) is 10.5 Å². The van der Waals surface area contributed by atoms with Crippen LogP contribution in [-0.2, 0) is 13.0 Å². The molecule has 0 amide bonds. The molecule has 21 heavy (non-hydrogen) atoms. The van der Waals surface area contributed by atoms with E-state index in [4.69, 9.17) is 5.84 Å². The first-order chi connectivity index (χ1) is 10.0. The lowest BCUT2D eigenvalue weighted by atomic mass is 9.96. The monoisotopic (exact) mass is 290 g/mol. The fourth-order valence-corrected chi connectivity index (χ4v) is 2.75. The lowest BCUT2D eigenvalue weighted by Gasteiger charge is -2.20. The molecule has 1 aromatic heterocycles. The van der Waals surface area contributed by atoms with Gasteiger partial charge in [0.1, 0.15) is 5.82 Å². The summed E-state index contributed by atoms with van der Waals surface area (Å²) in [7, 11) is 0. The number of nitrogens with two attached hydrogens (primary N) is 1. The van der Waals surface area contributed by atoms with Gasteiger partial charge in [-0.05, 0) is 50.5 Å². The van der Waals surface area contributed by atoms with Crippen LogP contribution in [0.4, 0.5) is 4.39 Å². The Hall–Kier alpha value is -1.72. The van der Waals surface area contributed by atoms with Crippen molar-refractivity contribution in [1.82, 2.24) is 15.2 Å². The molecule has 1 heterocycles. The van der Waals surface area contributed by atoms with Crippen LogP contribution in [0.25, 0.3) is 0 Å². The molecule has 1 unspecified atom stereocenters. The van der Waals surface area contributed by atoms with Gasteiger partial charge >= 0.3 is 0 Å². The van der Waals surface area contributed by atoms with Gasteiger partial charge in [-0.25, -0.2) is 9.82 Å². The van der Waals surface area contributed by atoms with Crippen LogP contribution in [0.3, 0.4) is 0 Å². The van der Waals surface area contributed by atoms with Gasteiger partial charge in [0.25, 0.3) is 0 Å². The number of hydrogen-bond acceptors (Lipinski definition) is 3. The van der Waals surface area contributed by atoms with Crippen molar-refractivity contribution in [3.63, 3.8) is 0 Å². The molecular weight excluding hydrogens is 267 g/mol. The van der Waals surface area contributed by atoms with E-state index in [0.29, 0.717) is 5.56 Å². The Morgan fingerprint density at radius 2 is 2.00 bits per heavy atom. The van der Waals surface area contributed by atoms with E-state index in [1.165, 1.54) is 0 Å². The van der Waals surface area contributed by atoms with E-state index < -0.39 is 6.04 Å². The van der Waals surface area contributed by atoms with Gasteiger partial charge < -0.3 is 0 Å². The first kappa shape index (κ1) is 15.7. The summed E-state index contributed by atoms with van der Waals surface area (Å²) in [5.74, 6) is 5.49. The zero-order valence-corrected chi connectivity index (χ0v) is 13.1. The molecule has 0 aliphatic carbocycles. The Morgan fingerprint density at radius 1 is 1.29 bits per heavy atom. The number of rotatable bonds is 5. The highest BCUT2D eigenvalue weighted by Crippen LogP contribution is 2.28. The first-order valence-electron chi connectivity index (χ1n) is 7.31. The van der Waals surface area contributed by atoms with Crippen molar-refractivity contribution in [2.24, 2.45) is 5.84 Å². The number of nitrogens with one attached hydrogen (secondary N) is 1.